The Kier molecular flexibility index (Phi) is 6.61. The monoisotopic (exact) mass is 458 g/mol. The summed E-state index contributed by atoms with van der Waals surface area (Å²) in [5.41, 5.74) is 0. The molecule has 0 heterocycles. The maximum absolute atomic E-state index is 13.5. The normalized spacial score (nSPS) is 17.3. The summed E-state index contributed by atoms with van der Waals surface area (Å²) in [7, 11) is 0. The predicted molar refractivity (Wildman–Crippen MR) is 53.5 cm³/mol. The minimum absolute atomic E-state index is 0.624. The van der Waals surface area contributed by atoms with Crippen molar-refractivity contribution >= 4 is 5.97 Å². The Bertz CT molecular complexity index is 578. The molecule has 0 aromatic rings. The van der Waals surface area contributed by atoms with E-state index in [-0.39, 0.29) is 0 Å². The van der Waals surface area contributed by atoms with Crippen molar-refractivity contribution in [3.05, 3.63) is 0 Å². The van der Waals surface area contributed by atoms with Gasteiger partial charge in [-0.15, -0.1) is 0 Å². The SMILES string of the molecule is CCOC(=O)C(F)(OC(F)(F)C(F)(F)C(F)(F)C(F)(F)C(F)(F)F)C(F)(F)F. The van der Waals surface area contributed by atoms with E-state index in [1.165, 1.54) is 0 Å². The molecule has 0 aromatic carbocycles. The van der Waals surface area contributed by atoms with Crippen molar-refractivity contribution in [2.75, 3.05) is 6.61 Å². The van der Waals surface area contributed by atoms with Gasteiger partial charge in [-0.05, 0) is 6.92 Å². The van der Waals surface area contributed by atoms with Gasteiger partial charge >= 0.3 is 48.1 Å². The number of hydrogen-bond acceptors (Lipinski definition) is 3. The van der Waals surface area contributed by atoms with Crippen LogP contribution in [0, 0.1) is 0 Å². The second kappa shape index (κ2) is 7.01. The topological polar surface area (TPSA) is 35.5 Å². The third-order valence-corrected chi connectivity index (χ3v) is 2.68. The first kappa shape index (κ1) is 26.4. The third-order valence-electron chi connectivity index (χ3n) is 2.68. The molecule has 0 radical (unpaired) electrons. The summed E-state index contributed by atoms with van der Waals surface area (Å²) in [6.45, 7) is -0.617. The zero-order valence-corrected chi connectivity index (χ0v) is 12.6. The maximum Gasteiger partial charge on any atom is 0.460 e. The molecule has 0 bridgehead atoms. The molecule has 3 nitrogen and oxygen atoms in total. The van der Waals surface area contributed by atoms with E-state index in [0.717, 1.165) is 0 Å². The van der Waals surface area contributed by atoms with Crippen LogP contribution in [0.1, 0.15) is 6.92 Å². The standard InChI is InChI=1S/C10H5F15O3/c1-2-27-3(26)4(11,8(18,19)20)28-10(24,25)7(16,17)5(12,13)6(14,15)9(21,22)23/h2H2,1H3. The van der Waals surface area contributed by atoms with Gasteiger partial charge in [-0.25, -0.2) is 4.79 Å². The molecule has 28 heavy (non-hydrogen) atoms. The van der Waals surface area contributed by atoms with Crippen LogP contribution in [0.4, 0.5) is 65.9 Å². The molecule has 0 aliphatic carbocycles. The number of carbonyl (C=O) groups is 1. The smallest absolute Gasteiger partial charge is 0.460 e. The van der Waals surface area contributed by atoms with E-state index >= 15 is 0 Å². The highest BCUT2D eigenvalue weighted by atomic mass is 19.4. The van der Waals surface area contributed by atoms with Gasteiger partial charge in [0.1, 0.15) is 0 Å². The van der Waals surface area contributed by atoms with Gasteiger partial charge in [0.05, 0.1) is 6.61 Å². The molecule has 0 aromatic heterocycles. The van der Waals surface area contributed by atoms with Crippen LogP contribution < -0.4 is 0 Å². The van der Waals surface area contributed by atoms with Gasteiger partial charge in [0.15, 0.2) is 0 Å². The Morgan fingerprint density at radius 3 is 1.32 bits per heavy atom. The number of halogens is 15. The second-order valence-corrected chi connectivity index (χ2v) is 4.65. The lowest BCUT2D eigenvalue weighted by atomic mass is 10.0. The fraction of sp³-hybridized carbons (Fsp3) is 0.900. The van der Waals surface area contributed by atoms with Crippen LogP contribution in [0.5, 0.6) is 0 Å². The Labute approximate surface area is 143 Å². The first-order chi connectivity index (χ1) is 11.9. The molecule has 1 unspecified atom stereocenters. The van der Waals surface area contributed by atoms with Gasteiger partial charge in [0.2, 0.25) is 0 Å². The molecule has 0 spiro atoms. The van der Waals surface area contributed by atoms with Crippen LogP contribution in [-0.2, 0) is 14.3 Å². The Morgan fingerprint density at radius 2 is 1.04 bits per heavy atom. The predicted octanol–water partition coefficient (Wildman–Crippen LogP) is 4.86. The highest BCUT2D eigenvalue weighted by Gasteiger charge is 2.89. The molecule has 0 saturated heterocycles. The van der Waals surface area contributed by atoms with Crippen molar-refractivity contribution in [1.29, 1.82) is 0 Å². The first-order valence-electron chi connectivity index (χ1n) is 6.15. The summed E-state index contributed by atoms with van der Waals surface area (Å²) in [5.74, 6) is -34.4. The number of ether oxygens (including phenoxy) is 2. The average molecular weight is 458 g/mol. The summed E-state index contributed by atoms with van der Waals surface area (Å²) in [6, 6.07) is 0. The molecule has 0 aliphatic rings. The van der Waals surface area contributed by atoms with Crippen LogP contribution in [0.25, 0.3) is 0 Å². The van der Waals surface area contributed by atoms with E-state index in [2.05, 4.69) is 4.74 Å². The fourth-order valence-electron chi connectivity index (χ4n) is 1.24. The molecule has 0 N–H and O–H groups in total. The van der Waals surface area contributed by atoms with E-state index in [1.54, 1.807) is 4.74 Å². The highest BCUT2D eigenvalue weighted by molar-refractivity contribution is 5.78. The van der Waals surface area contributed by atoms with Crippen LogP contribution in [-0.4, -0.2) is 54.7 Å². The van der Waals surface area contributed by atoms with E-state index in [9.17, 15) is 70.7 Å². The van der Waals surface area contributed by atoms with E-state index < -0.39 is 54.7 Å². The zero-order valence-electron chi connectivity index (χ0n) is 12.6. The largest absolute Gasteiger partial charge is 0.462 e. The number of esters is 1. The van der Waals surface area contributed by atoms with Crippen molar-refractivity contribution in [2.45, 2.75) is 49.0 Å². The molecular weight excluding hydrogens is 453 g/mol. The Balaban J connectivity index is 6.38. The summed E-state index contributed by atoms with van der Waals surface area (Å²) in [4.78, 5) is 10.8. The quantitative estimate of drug-likeness (QED) is 0.404. The molecule has 1 atom stereocenters. The van der Waals surface area contributed by atoms with Crippen LogP contribution in [0.15, 0.2) is 0 Å². The van der Waals surface area contributed by atoms with Crippen molar-refractivity contribution in [1.82, 2.24) is 0 Å². The minimum Gasteiger partial charge on any atom is -0.462 e. The van der Waals surface area contributed by atoms with Gasteiger partial charge in [-0.3, -0.25) is 4.74 Å². The minimum atomic E-state index is -8.16. The molecule has 0 rings (SSSR count). The molecule has 0 amide bonds. The number of alkyl halides is 15. The lowest BCUT2D eigenvalue weighted by Crippen LogP contribution is -2.69. The van der Waals surface area contributed by atoms with Crippen molar-refractivity contribution in [3.8, 4) is 0 Å². The lowest BCUT2D eigenvalue weighted by molar-refractivity contribution is -0.489. The van der Waals surface area contributed by atoms with Gasteiger partial charge in [-0.1, -0.05) is 0 Å². The lowest BCUT2D eigenvalue weighted by Gasteiger charge is -2.38. The van der Waals surface area contributed by atoms with Crippen LogP contribution >= 0.6 is 0 Å². The molecule has 18 heteroatoms. The second-order valence-electron chi connectivity index (χ2n) is 4.65. The molecule has 0 aliphatic heterocycles. The van der Waals surface area contributed by atoms with Gasteiger partial charge < -0.3 is 4.74 Å². The summed E-state index contributed by atoms with van der Waals surface area (Å²) < 4.78 is 195. The first-order valence-corrected chi connectivity index (χ1v) is 6.15. The number of carbonyl (C=O) groups excluding carboxylic acids is 1. The average Bonchev–Trinajstić information content (AvgIpc) is 2.43. The van der Waals surface area contributed by atoms with Crippen LogP contribution in [0.3, 0.4) is 0 Å². The molecular formula is C10H5F15O3. The Hall–Kier alpha value is -1.62. The Morgan fingerprint density at radius 1 is 0.643 bits per heavy atom. The van der Waals surface area contributed by atoms with E-state index in [0.29, 0.717) is 6.92 Å². The fourth-order valence-corrected chi connectivity index (χ4v) is 1.24. The van der Waals surface area contributed by atoms with Crippen LogP contribution in [0.2, 0.25) is 0 Å². The summed E-state index contributed by atoms with van der Waals surface area (Å²) >= 11 is 0. The maximum atomic E-state index is 13.5. The summed E-state index contributed by atoms with van der Waals surface area (Å²) in [6.07, 6.45) is -22.4. The van der Waals surface area contributed by atoms with Gasteiger partial charge in [0, 0.05) is 0 Å². The zero-order chi connectivity index (χ0) is 23.2. The number of hydrogen-bond donors (Lipinski definition) is 0. The van der Waals surface area contributed by atoms with Crippen molar-refractivity contribution in [3.63, 3.8) is 0 Å². The molecule has 168 valence electrons. The highest BCUT2D eigenvalue weighted by Crippen LogP contribution is 2.58. The third kappa shape index (κ3) is 3.91. The molecule has 0 fully saturated rings. The van der Waals surface area contributed by atoms with Crippen molar-refractivity contribution < 1.29 is 80.1 Å². The van der Waals surface area contributed by atoms with Gasteiger partial charge in [-0.2, -0.15) is 65.9 Å². The number of rotatable bonds is 7. The van der Waals surface area contributed by atoms with Crippen molar-refractivity contribution in [2.24, 2.45) is 0 Å². The van der Waals surface area contributed by atoms with Gasteiger partial charge in [0.25, 0.3) is 0 Å². The van der Waals surface area contributed by atoms with E-state index in [4.69, 9.17) is 0 Å². The molecule has 0 saturated carbocycles. The van der Waals surface area contributed by atoms with E-state index in [1.807, 2.05) is 0 Å². The summed E-state index contributed by atoms with van der Waals surface area (Å²) in [5, 5.41) is 0.